The van der Waals surface area contributed by atoms with Gasteiger partial charge in [0.1, 0.15) is 11.4 Å². The number of hydrogen-bond acceptors (Lipinski definition) is 5. The molecule has 130 valence electrons. The average Bonchev–Trinajstić information content (AvgIpc) is 3.05. The lowest BCUT2D eigenvalue weighted by molar-refractivity contribution is -0.138. The molecule has 0 fully saturated rings. The van der Waals surface area contributed by atoms with Gasteiger partial charge in [0.05, 0.1) is 10.9 Å². The van der Waals surface area contributed by atoms with Crippen molar-refractivity contribution in [3.8, 4) is 22.9 Å². The normalized spacial score (nSPS) is 11.7. The van der Waals surface area contributed by atoms with Gasteiger partial charge < -0.3 is 9.26 Å². The first-order chi connectivity index (χ1) is 12.5. The second kappa shape index (κ2) is 6.14. The van der Waals surface area contributed by atoms with Crippen LogP contribution in [0.15, 0.2) is 65.4 Å². The van der Waals surface area contributed by atoms with E-state index in [1.807, 2.05) is 6.07 Å². The number of fused-ring (bicyclic) bond motifs is 1. The van der Waals surface area contributed by atoms with Gasteiger partial charge in [0.15, 0.2) is 0 Å². The molecule has 1 aromatic carbocycles. The second-order valence-electron chi connectivity index (χ2n) is 5.37. The fraction of sp³-hybridized carbons (Fsp3) is 0.0556. The zero-order valence-electron chi connectivity index (χ0n) is 13.1. The minimum absolute atomic E-state index is 0.0249. The number of nitrogens with zero attached hydrogens (tertiary/aromatic N) is 3. The SMILES string of the molecule is FC(F)(F)c1ccccc1Oc1ccc2c(-c3cccnc3)noc2n1. The van der Waals surface area contributed by atoms with Crippen molar-refractivity contribution in [2.24, 2.45) is 0 Å². The van der Waals surface area contributed by atoms with E-state index >= 15 is 0 Å². The topological polar surface area (TPSA) is 61.0 Å². The van der Waals surface area contributed by atoms with Crippen LogP contribution in [0, 0.1) is 0 Å². The molecule has 3 aromatic heterocycles. The summed E-state index contributed by atoms with van der Waals surface area (Å²) in [6.45, 7) is 0. The van der Waals surface area contributed by atoms with Crippen LogP contribution in [0.1, 0.15) is 5.56 Å². The Morgan fingerprint density at radius 1 is 0.962 bits per heavy atom. The number of pyridine rings is 2. The maximum absolute atomic E-state index is 13.1. The summed E-state index contributed by atoms with van der Waals surface area (Å²) in [6, 6.07) is 11.6. The van der Waals surface area contributed by atoms with Crippen LogP contribution in [0.2, 0.25) is 0 Å². The first kappa shape index (κ1) is 16.1. The molecule has 0 bridgehead atoms. The molecule has 0 aliphatic heterocycles. The average molecular weight is 357 g/mol. The summed E-state index contributed by atoms with van der Waals surface area (Å²) in [7, 11) is 0. The summed E-state index contributed by atoms with van der Waals surface area (Å²) in [5, 5.41) is 4.56. The van der Waals surface area contributed by atoms with Gasteiger partial charge in [-0.15, -0.1) is 0 Å². The number of halogens is 3. The summed E-state index contributed by atoms with van der Waals surface area (Å²) < 4.78 is 49.7. The van der Waals surface area contributed by atoms with Crippen LogP contribution in [-0.2, 0) is 6.18 Å². The van der Waals surface area contributed by atoms with E-state index in [1.165, 1.54) is 24.3 Å². The maximum atomic E-state index is 13.1. The van der Waals surface area contributed by atoms with Crippen molar-refractivity contribution in [2.45, 2.75) is 6.18 Å². The highest BCUT2D eigenvalue weighted by atomic mass is 19.4. The minimum atomic E-state index is -4.53. The van der Waals surface area contributed by atoms with Gasteiger partial charge in [-0.05, 0) is 30.3 Å². The summed E-state index contributed by atoms with van der Waals surface area (Å²) in [6.07, 6.45) is -1.27. The molecule has 0 unspecified atom stereocenters. The number of para-hydroxylation sites is 1. The van der Waals surface area contributed by atoms with Crippen LogP contribution >= 0.6 is 0 Å². The van der Waals surface area contributed by atoms with E-state index in [0.29, 0.717) is 11.1 Å². The third-order valence-electron chi connectivity index (χ3n) is 3.66. The van der Waals surface area contributed by atoms with Gasteiger partial charge in [0.2, 0.25) is 5.88 Å². The predicted octanol–water partition coefficient (Wildman–Crippen LogP) is 5.10. The van der Waals surface area contributed by atoms with Gasteiger partial charge in [-0.1, -0.05) is 17.3 Å². The highest BCUT2D eigenvalue weighted by molar-refractivity contribution is 5.89. The van der Waals surface area contributed by atoms with Crippen molar-refractivity contribution in [3.63, 3.8) is 0 Å². The highest BCUT2D eigenvalue weighted by Crippen LogP contribution is 2.38. The molecular formula is C18H10F3N3O2. The van der Waals surface area contributed by atoms with Crippen LogP contribution < -0.4 is 4.74 Å². The molecule has 0 atom stereocenters. The molecule has 26 heavy (non-hydrogen) atoms. The Kier molecular flexibility index (Phi) is 3.80. The Morgan fingerprint density at radius 2 is 1.81 bits per heavy atom. The lowest BCUT2D eigenvalue weighted by Gasteiger charge is -2.12. The van der Waals surface area contributed by atoms with Gasteiger partial charge in [0.25, 0.3) is 5.71 Å². The highest BCUT2D eigenvalue weighted by Gasteiger charge is 2.34. The van der Waals surface area contributed by atoms with Gasteiger partial charge in [0, 0.05) is 24.0 Å². The van der Waals surface area contributed by atoms with Gasteiger partial charge in [-0.2, -0.15) is 18.2 Å². The van der Waals surface area contributed by atoms with Gasteiger partial charge >= 0.3 is 6.18 Å². The summed E-state index contributed by atoms with van der Waals surface area (Å²) in [4.78, 5) is 8.12. The third-order valence-corrected chi connectivity index (χ3v) is 3.66. The van der Waals surface area contributed by atoms with Crippen molar-refractivity contribution in [2.75, 3.05) is 0 Å². The molecule has 0 aliphatic rings. The number of aromatic nitrogens is 3. The number of ether oxygens (including phenoxy) is 1. The molecule has 8 heteroatoms. The molecular weight excluding hydrogens is 347 g/mol. The molecule has 0 spiro atoms. The summed E-state index contributed by atoms with van der Waals surface area (Å²) >= 11 is 0. The lowest BCUT2D eigenvalue weighted by atomic mass is 10.1. The molecule has 0 N–H and O–H groups in total. The molecule has 0 aliphatic carbocycles. The van der Waals surface area contributed by atoms with Crippen LogP contribution in [0.4, 0.5) is 13.2 Å². The van der Waals surface area contributed by atoms with Crippen LogP contribution in [-0.4, -0.2) is 15.1 Å². The van der Waals surface area contributed by atoms with E-state index in [-0.39, 0.29) is 17.3 Å². The van der Waals surface area contributed by atoms with E-state index < -0.39 is 11.7 Å². The summed E-state index contributed by atoms with van der Waals surface area (Å²) in [5.41, 5.74) is 0.563. The largest absolute Gasteiger partial charge is 0.438 e. The Morgan fingerprint density at radius 3 is 2.58 bits per heavy atom. The van der Waals surface area contributed by atoms with Crippen molar-refractivity contribution in [1.29, 1.82) is 0 Å². The van der Waals surface area contributed by atoms with E-state index in [0.717, 1.165) is 11.6 Å². The lowest BCUT2D eigenvalue weighted by Crippen LogP contribution is -2.07. The molecule has 3 heterocycles. The fourth-order valence-electron chi connectivity index (χ4n) is 2.48. The van der Waals surface area contributed by atoms with E-state index in [2.05, 4.69) is 15.1 Å². The van der Waals surface area contributed by atoms with Gasteiger partial charge in [-0.3, -0.25) is 4.98 Å². The van der Waals surface area contributed by atoms with Gasteiger partial charge in [-0.25, -0.2) is 0 Å². The second-order valence-corrected chi connectivity index (χ2v) is 5.37. The number of hydrogen-bond donors (Lipinski definition) is 0. The number of alkyl halides is 3. The first-order valence-electron chi connectivity index (χ1n) is 7.53. The monoisotopic (exact) mass is 357 g/mol. The molecule has 0 saturated carbocycles. The predicted molar refractivity (Wildman–Crippen MR) is 86.6 cm³/mol. The Labute approximate surface area is 145 Å². The molecule has 0 amide bonds. The minimum Gasteiger partial charge on any atom is -0.438 e. The van der Waals surface area contributed by atoms with E-state index in [4.69, 9.17) is 9.26 Å². The van der Waals surface area contributed by atoms with E-state index in [9.17, 15) is 13.2 Å². The fourth-order valence-corrected chi connectivity index (χ4v) is 2.48. The quantitative estimate of drug-likeness (QED) is 0.511. The van der Waals surface area contributed by atoms with E-state index in [1.54, 1.807) is 24.5 Å². The molecule has 0 saturated heterocycles. The van der Waals surface area contributed by atoms with Crippen LogP contribution in [0.25, 0.3) is 22.4 Å². The van der Waals surface area contributed by atoms with Crippen molar-refractivity contribution in [3.05, 3.63) is 66.5 Å². The first-order valence-corrected chi connectivity index (χ1v) is 7.53. The van der Waals surface area contributed by atoms with Crippen LogP contribution in [0.3, 0.4) is 0 Å². The molecule has 5 nitrogen and oxygen atoms in total. The maximum Gasteiger partial charge on any atom is 0.419 e. The van der Waals surface area contributed by atoms with Crippen molar-refractivity contribution < 1.29 is 22.4 Å². The Bertz CT molecular complexity index is 1060. The van der Waals surface area contributed by atoms with Crippen LogP contribution in [0.5, 0.6) is 11.6 Å². The number of rotatable bonds is 3. The van der Waals surface area contributed by atoms with Crippen molar-refractivity contribution in [1.82, 2.24) is 15.1 Å². The smallest absolute Gasteiger partial charge is 0.419 e. The molecule has 4 aromatic rings. The zero-order valence-corrected chi connectivity index (χ0v) is 13.1. The Balaban J connectivity index is 1.70. The van der Waals surface area contributed by atoms with Crippen molar-refractivity contribution >= 4 is 11.1 Å². The zero-order chi connectivity index (χ0) is 18.1. The third kappa shape index (κ3) is 2.97. The summed E-state index contributed by atoms with van der Waals surface area (Å²) in [5.74, 6) is -0.359. The molecule has 0 radical (unpaired) electrons. The Hall–Kier alpha value is -3.42. The molecule has 4 rings (SSSR count). The standard InChI is InChI=1S/C18H10F3N3O2/c19-18(20,21)13-5-1-2-6-14(13)25-15-8-7-12-16(24-26-17(12)23-15)11-4-3-9-22-10-11/h1-10H. The number of benzene rings is 1.